The van der Waals surface area contributed by atoms with Crippen LogP contribution < -0.4 is 4.74 Å². The highest BCUT2D eigenvalue weighted by atomic mass is 16.6. The zero-order chi connectivity index (χ0) is 25.2. The zero-order valence-electron chi connectivity index (χ0n) is 19.8. The molecule has 0 atom stereocenters. The van der Waals surface area contributed by atoms with Crippen molar-refractivity contribution in [1.82, 2.24) is 4.57 Å². The summed E-state index contributed by atoms with van der Waals surface area (Å²) < 4.78 is 13.0. The molecule has 4 aromatic rings. The van der Waals surface area contributed by atoms with E-state index in [9.17, 15) is 14.7 Å². The Kier molecular flexibility index (Phi) is 6.51. The van der Waals surface area contributed by atoms with Crippen molar-refractivity contribution in [2.75, 3.05) is 0 Å². The molecule has 0 fully saturated rings. The average molecular weight is 474 g/mol. The Morgan fingerprint density at radius 3 is 2.11 bits per heavy atom. The summed E-state index contributed by atoms with van der Waals surface area (Å²) in [4.78, 5) is 23.8. The Bertz CT molecular complexity index is 1360. The minimum Gasteiger partial charge on any atom is -0.508 e. The fourth-order valence-electron chi connectivity index (χ4n) is 3.77. The number of carbonyl (C=O) groups excluding carboxylic acids is 1. The van der Waals surface area contributed by atoms with Gasteiger partial charge in [-0.2, -0.15) is 0 Å². The molecule has 3 aromatic carbocycles. The van der Waals surface area contributed by atoms with Crippen LogP contribution in [0.5, 0.6) is 11.5 Å². The predicted molar refractivity (Wildman–Crippen MR) is 133 cm³/mol. The maximum absolute atomic E-state index is 12.9. The molecule has 0 amide bonds. The van der Waals surface area contributed by atoms with Crippen LogP contribution >= 0.6 is 0 Å². The quantitative estimate of drug-likeness (QED) is 0.356. The first-order chi connectivity index (χ1) is 16.6. The van der Waals surface area contributed by atoms with Crippen LogP contribution in [0.2, 0.25) is 0 Å². The van der Waals surface area contributed by atoms with Gasteiger partial charge < -0.3 is 19.7 Å². The number of hydrogen-bond donors (Lipinski definition) is 2. The topological polar surface area (TPSA) is 98.0 Å². The highest BCUT2D eigenvalue weighted by Crippen LogP contribution is 2.27. The number of phenols is 1. The largest absolute Gasteiger partial charge is 0.508 e. The van der Waals surface area contributed by atoms with Gasteiger partial charge in [0.15, 0.2) is 0 Å². The molecule has 7 heteroatoms. The molecule has 7 nitrogen and oxygen atoms in total. The maximum atomic E-state index is 12.9. The molecule has 0 aliphatic rings. The lowest BCUT2D eigenvalue weighted by Crippen LogP contribution is -2.28. The first-order valence-electron chi connectivity index (χ1n) is 11.2. The number of phenolic OH excluding ortho intramolecular Hbond substituents is 1. The van der Waals surface area contributed by atoms with Gasteiger partial charge in [-0.25, -0.2) is 9.36 Å². The van der Waals surface area contributed by atoms with E-state index in [1.165, 1.54) is 10.6 Å². The molecule has 180 valence electrons. The second-order valence-electron chi connectivity index (χ2n) is 9.28. The number of ether oxygens (including phenoxy) is 2. The van der Waals surface area contributed by atoms with Crippen LogP contribution in [0.3, 0.4) is 0 Å². The number of nitrogens with zero attached hydrogens (tertiary/aromatic N) is 1. The maximum Gasteiger partial charge on any atom is 0.419 e. The molecule has 1 heterocycles. The Hall–Kier alpha value is -4.26. The van der Waals surface area contributed by atoms with Gasteiger partial charge in [0.25, 0.3) is 0 Å². The van der Waals surface area contributed by atoms with E-state index in [0.29, 0.717) is 17.0 Å². The summed E-state index contributed by atoms with van der Waals surface area (Å²) in [6.45, 7) is 5.51. The minimum atomic E-state index is -0.859. The summed E-state index contributed by atoms with van der Waals surface area (Å²) in [7, 11) is 0. The molecular formula is C28H27NO6. The lowest BCUT2D eigenvalue weighted by atomic mass is 10.0. The van der Waals surface area contributed by atoms with Gasteiger partial charge in [0, 0.05) is 11.5 Å². The summed E-state index contributed by atoms with van der Waals surface area (Å²) in [6, 6.07) is 21.6. The molecule has 0 aliphatic heterocycles. The molecule has 0 aliphatic carbocycles. The molecule has 0 bridgehead atoms. The number of fused-ring (bicyclic) bond motifs is 1. The summed E-state index contributed by atoms with van der Waals surface area (Å²) in [5.41, 5.74) is 3.14. The normalized spacial score (nSPS) is 11.4. The summed E-state index contributed by atoms with van der Waals surface area (Å²) in [5, 5.41) is 19.6. The molecule has 0 radical (unpaired) electrons. The molecule has 4 rings (SSSR count). The second-order valence-corrected chi connectivity index (χ2v) is 9.28. The third-order valence-electron chi connectivity index (χ3n) is 5.32. The molecule has 0 spiro atoms. The van der Waals surface area contributed by atoms with Crippen molar-refractivity contribution in [3.8, 4) is 22.6 Å². The smallest absolute Gasteiger partial charge is 0.419 e. The van der Waals surface area contributed by atoms with Crippen LogP contribution in [0.25, 0.3) is 22.0 Å². The number of rotatable bonds is 6. The Balaban J connectivity index is 1.53. The van der Waals surface area contributed by atoms with Crippen LogP contribution in [0.4, 0.5) is 4.79 Å². The number of benzene rings is 3. The van der Waals surface area contributed by atoms with E-state index in [1.807, 2.05) is 42.5 Å². The summed E-state index contributed by atoms with van der Waals surface area (Å²) in [6.07, 6.45) is -0.550. The highest BCUT2D eigenvalue weighted by molar-refractivity contribution is 5.91. The average Bonchev–Trinajstić information content (AvgIpc) is 3.15. The number of aromatic hydroxyl groups is 1. The number of aliphatic carboxylic acids is 1. The van der Waals surface area contributed by atoms with Gasteiger partial charge >= 0.3 is 12.1 Å². The van der Waals surface area contributed by atoms with Gasteiger partial charge in [-0.15, -0.1) is 0 Å². The summed E-state index contributed by atoms with van der Waals surface area (Å²) >= 11 is 0. The lowest BCUT2D eigenvalue weighted by molar-refractivity contribution is -0.136. The van der Waals surface area contributed by atoms with E-state index in [2.05, 4.69) is 0 Å². The predicted octanol–water partition coefficient (Wildman–Crippen LogP) is 6.00. The highest BCUT2D eigenvalue weighted by Gasteiger charge is 2.22. The minimum absolute atomic E-state index is 0.00723. The van der Waals surface area contributed by atoms with Crippen LogP contribution in [0.15, 0.2) is 72.8 Å². The van der Waals surface area contributed by atoms with Crippen molar-refractivity contribution < 1.29 is 29.3 Å². The van der Waals surface area contributed by atoms with E-state index < -0.39 is 17.7 Å². The number of aromatic nitrogens is 1. The van der Waals surface area contributed by atoms with Gasteiger partial charge in [-0.3, -0.25) is 4.79 Å². The van der Waals surface area contributed by atoms with E-state index in [4.69, 9.17) is 14.6 Å². The lowest BCUT2D eigenvalue weighted by Gasteiger charge is -2.21. The van der Waals surface area contributed by atoms with Gasteiger partial charge in [0.2, 0.25) is 0 Å². The molecule has 2 N–H and O–H groups in total. The first-order valence-corrected chi connectivity index (χ1v) is 11.2. The Labute approximate surface area is 203 Å². The van der Waals surface area contributed by atoms with E-state index >= 15 is 0 Å². The Morgan fingerprint density at radius 2 is 1.51 bits per heavy atom. The van der Waals surface area contributed by atoms with E-state index in [0.717, 1.165) is 22.1 Å². The van der Waals surface area contributed by atoms with Crippen molar-refractivity contribution in [2.45, 2.75) is 39.4 Å². The Morgan fingerprint density at radius 1 is 0.886 bits per heavy atom. The zero-order valence-corrected chi connectivity index (χ0v) is 19.8. The van der Waals surface area contributed by atoms with Crippen LogP contribution in [-0.2, 0) is 22.6 Å². The molecule has 0 saturated carbocycles. The van der Waals surface area contributed by atoms with E-state index in [-0.39, 0.29) is 18.8 Å². The van der Waals surface area contributed by atoms with Gasteiger partial charge in [0.1, 0.15) is 23.7 Å². The number of carboxylic acids is 1. The molecule has 1 aromatic heterocycles. The number of carbonyl (C=O) groups is 2. The molecular weight excluding hydrogens is 446 g/mol. The van der Waals surface area contributed by atoms with Crippen molar-refractivity contribution in [3.05, 3.63) is 84.1 Å². The third-order valence-corrected chi connectivity index (χ3v) is 5.32. The number of hydrogen-bond acceptors (Lipinski definition) is 5. The van der Waals surface area contributed by atoms with Crippen LogP contribution in [0, 0.1) is 0 Å². The number of carboxylic acid groups (broad SMARTS) is 1. The van der Waals surface area contributed by atoms with E-state index in [1.54, 1.807) is 45.0 Å². The SMILES string of the molecule is CC(C)(C)OC(=O)n1c(COc2ccc(-c3ccc(CC(=O)O)cc3)cc2)cc2ccc(O)cc21. The fraction of sp³-hybridized carbons (Fsp3) is 0.214. The van der Waals surface area contributed by atoms with Crippen molar-refractivity contribution in [1.29, 1.82) is 0 Å². The first kappa shape index (κ1) is 23.9. The van der Waals surface area contributed by atoms with Gasteiger partial charge in [0.05, 0.1) is 17.6 Å². The van der Waals surface area contributed by atoms with Crippen LogP contribution in [0.1, 0.15) is 32.0 Å². The monoisotopic (exact) mass is 473 g/mol. The van der Waals surface area contributed by atoms with Gasteiger partial charge in [-0.1, -0.05) is 36.4 Å². The van der Waals surface area contributed by atoms with Crippen molar-refractivity contribution >= 4 is 23.0 Å². The molecule has 35 heavy (non-hydrogen) atoms. The molecule has 0 unspecified atom stereocenters. The standard InChI is InChI=1S/C28H27NO6/c1-28(2,3)35-27(33)29-22(15-21-8-11-23(30)16-25(21)29)17-34-24-12-9-20(10-13-24)19-6-4-18(5-7-19)14-26(31)32/h4-13,15-16,30H,14,17H2,1-3H3,(H,31,32). The second kappa shape index (κ2) is 9.54. The van der Waals surface area contributed by atoms with Crippen molar-refractivity contribution in [3.63, 3.8) is 0 Å². The van der Waals surface area contributed by atoms with Crippen molar-refractivity contribution in [2.24, 2.45) is 0 Å². The molecule has 0 saturated heterocycles. The summed E-state index contributed by atoms with van der Waals surface area (Å²) in [5.74, 6) is -0.179. The van der Waals surface area contributed by atoms with Crippen LogP contribution in [-0.4, -0.2) is 32.4 Å². The van der Waals surface area contributed by atoms with Gasteiger partial charge in [-0.05, 0) is 67.8 Å². The third kappa shape index (κ3) is 5.81. The fourth-order valence-corrected chi connectivity index (χ4v) is 3.77.